The zero-order valence-electron chi connectivity index (χ0n) is 22.6. The van der Waals surface area contributed by atoms with E-state index in [9.17, 15) is 18.8 Å². The van der Waals surface area contributed by atoms with Gasteiger partial charge in [0.15, 0.2) is 6.61 Å². The fourth-order valence-electron chi connectivity index (χ4n) is 5.48. The van der Waals surface area contributed by atoms with Gasteiger partial charge in [0.25, 0.3) is 11.8 Å². The third-order valence-corrected chi connectivity index (χ3v) is 7.58. The standard InChI is InChI=1S/C28H32ClFN4O6/c1-27(2,3)40-26(37)34-8-4-5-16(14-34)25-31-13-22(39-25)24(36)33-28-10-17(11-28)21(12-28)32-23(35)15-38-18-6-7-19(29)20(30)9-18/h5-7,9,13,17,21H,4,8,10-12,14-15H2,1-3H3,(H,32,35)(H,33,36). The second-order valence-electron chi connectivity index (χ2n) is 11.6. The van der Waals surface area contributed by atoms with Gasteiger partial charge in [0, 0.05) is 29.8 Å². The Morgan fingerprint density at radius 3 is 2.75 bits per heavy atom. The van der Waals surface area contributed by atoms with Gasteiger partial charge in [-0.15, -0.1) is 0 Å². The van der Waals surface area contributed by atoms with Crippen LogP contribution >= 0.6 is 11.6 Å². The van der Waals surface area contributed by atoms with Crippen LogP contribution in [0.4, 0.5) is 9.18 Å². The van der Waals surface area contributed by atoms with E-state index in [1.165, 1.54) is 18.3 Å². The van der Waals surface area contributed by atoms with Crippen molar-refractivity contribution in [2.45, 2.75) is 63.6 Å². The molecule has 40 heavy (non-hydrogen) atoms. The lowest BCUT2D eigenvalue weighted by atomic mass is 9.76. The highest BCUT2D eigenvalue weighted by Gasteiger charge is 2.57. The molecule has 1 unspecified atom stereocenters. The van der Waals surface area contributed by atoms with Gasteiger partial charge in [-0.3, -0.25) is 9.59 Å². The molecule has 1 aromatic carbocycles. The molecule has 3 aliphatic carbocycles. The molecule has 4 aliphatic rings. The molecule has 3 amide bonds. The van der Waals surface area contributed by atoms with Gasteiger partial charge in [-0.05, 0) is 64.5 Å². The van der Waals surface area contributed by atoms with E-state index in [-0.39, 0.29) is 53.5 Å². The fourth-order valence-corrected chi connectivity index (χ4v) is 5.60. The summed E-state index contributed by atoms with van der Waals surface area (Å²) in [6.45, 7) is 5.99. The molecule has 0 radical (unpaired) electrons. The molecular formula is C28H32ClFN4O6. The molecule has 2 aromatic rings. The molecule has 2 N–H and O–H groups in total. The third-order valence-electron chi connectivity index (χ3n) is 7.28. The fraction of sp³-hybridized carbons (Fsp3) is 0.500. The van der Waals surface area contributed by atoms with Crippen LogP contribution in [0, 0.1) is 11.7 Å². The summed E-state index contributed by atoms with van der Waals surface area (Å²) in [5.74, 6) is -0.490. The zero-order chi connectivity index (χ0) is 28.7. The number of amides is 3. The minimum Gasteiger partial charge on any atom is -0.484 e. The first kappa shape index (κ1) is 27.9. The molecule has 1 atom stereocenters. The van der Waals surface area contributed by atoms with Crippen molar-refractivity contribution >= 4 is 35.1 Å². The SMILES string of the molecule is CC(C)(C)OC(=O)N1CCC=C(c2ncc(C(=O)NC34CC(C3)C(NC(=O)COc3ccc(Cl)c(F)c3)C4)o2)C1. The summed E-state index contributed by atoms with van der Waals surface area (Å²) >= 11 is 5.67. The number of carbonyl (C=O) groups is 3. The summed E-state index contributed by atoms with van der Waals surface area (Å²) in [6.07, 6.45) is 5.61. The largest absolute Gasteiger partial charge is 0.484 e. The van der Waals surface area contributed by atoms with E-state index < -0.39 is 23.1 Å². The second kappa shape index (κ2) is 10.8. The van der Waals surface area contributed by atoms with Gasteiger partial charge in [-0.25, -0.2) is 14.2 Å². The smallest absolute Gasteiger partial charge is 0.410 e. The molecule has 3 saturated carbocycles. The lowest BCUT2D eigenvalue weighted by Gasteiger charge is -2.38. The van der Waals surface area contributed by atoms with Crippen LogP contribution in [0.3, 0.4) is 0 Å². The van der Waals surface area contributed by atoms with Crippen molar-refractivity contribution in [3.63, 3.8) is 0 Å². The molecule has 0 spiro atoms. The zero-order valence-corrected chi connectivity index (χ0v) is 23.3. The van der Waals surface area contributed by atoms with Gasteiger partial charge < -0.3 is 29.4 Å². The van der Waals surface area contributed by atoms with Crippen LogP contribution in [-0.4, -0.2) is 64.7 Å². The highest BCUT2D eigenvalue weighted by atomic mass is 35.5. The van der Waals surface area contributed by atoms with Gasteiger partial charge in [0.1, 0.15) is 17.2 Å². The molecule has 12 heteroatoms. The molecule has 1 aliphatic heterocycles. The topological polar surface area (TPSA) is 123 Å². The van der Waals surface area contributed by atoms with Crippen molar-refractivity contribution < 1.29 is 32.7 Å². The van der Waals surface area contributed by atoms with Crippen molar-refractivity contribution in [1.29, 1.82) is 0 Å². The van der Waals surface area contributed by atoms with Crippen LogP contribution in [0.2, 0.25) is 5.02 Å². The summed E-state index contributed by atoms with van der Waals surface area (Å²) in [4.78, 5) is 43.7. The van der Waals surface area contributed by atoms with E-state index in [0.29, 0.717) is 30.9 Å². The maximum Gasteiger partial charge on any atom is 0.410 e. The lowest BCUT2D eigenvalue weighted by molar-refractivity contribution is -0.124. The maximum absolute atomic E-state index is 13.6. The summed E-state index contributed by atoms with van der Waals surface area (Å²) < 4.78 is 30.2. The van der Waals surface area contributed by atoms with Crippen molar-refractivity contribution in [1.82, 2.24) is 20.5 Å². The number of fused-ring (bicyclic) bond motifs is 1. The number of aromatic nitrogens is 1. The number of carbonyl (C=O) groups excluding carboxylic acids is 3. The number of benzene rings is 1. The van der Waals surface area contributed by atoms with Crippen molar-refractivity contribution in [2.75, 3.05) is 19.7 Å². The second-order valence-corrected chi connectivity index (χ2v) is 12.0. The maximum atomic E-state index is 13.6. The van der Waals surface area contributed by atoms with Gasteiger partial charge >= 0.3 is 6.09 Å². The highest BCUT2D eigenvalue weighted by Crippen LogP contribution is 2.52. The Kier molecular flexibility index (Phi) is 7.52. The number of ether oxygens (including phenoxy) is 2. The third kappa shape index (κ3) is 6.24. The monoisotopic (exact) mass is 574 g/mol. The quantitative estimate of drug-likeness (QED) is 0.504. The summed E-state index contributed by atoms with van der Waals surface area (Å²) in [7, 11) is 0. The number of halogens is 2. The Morgan fingerprint density at radius 1 is 1.25 bits per heavy atom. The lowest BCUT2D eigenvalue weighted by Crippen LogP contribution is -2.51. The van der Waals surface area contributed by atoms with Crippen LogP contribution in [0.15, 0.2) is 34.9 Å². The van der Waals surface area contributed by atoms with E-state index in [4.69, 9.17) is 25.5 Å². The first-order valence-electron chi connectivity index (χ1n) is 13.2. The summed E-state index contributed by atoms with van der Waals surface area (Å²) in [5.41, 5.74) is -0.310. The molecule has 2 heterocycles. The molecule has 6 rings (SSSR count). The van der Waals surface area contributed by atoms with Crippen LogP contribution in [0.5, 0.6) is 5.75 Å². The average molecular weight is 575 g/mol. The normalized spacial score (nSPS) is 23.6. The van der Waals surface area contributed by atoms with Gasteiger partial charge in [0.05, 0.1) is 17.8 Å². The Morgan fingerprint density at radius 2 is 2.02 bits per heavy atom. The molecule has 0 saturated heterocycles. The van der Waals surface area contributed by atoms with Crippen molar-refractivity contribution in [2.24, 2.45) is 5.92 Å². The van der Waals surface area contributed by atoms with Crippen LogP contribution in [0.1, 0.15) is 62.9 Å². The minimum absolute atomic E-state index is 0.0210. The Hall–Kier alpha value is -3.60. The van der Waals surface area contributed by atoms with E-state index in [1.54, 1.807) is 4.90 Å². The molecule has 214 valence electrons. The molecule has 10 nitrogen and oxygen atoms in total. The highest BCUT2D eigenvalue weighted by molar-refractivity contribution is 6.30. The molecular weight excluding hydrogens is 543 g/mol. The number of hydrogen-bond donors (Lipinski definition) is 2. The molecule has 2 bridgehead atoms. The Balaban J connectivity index is 1.11. The summed E-state index contributed by atoms with van der Waals surface area (Å²) in [5, 5.41) is 6.00. The number of oxazole rings is 1. The first-order valence-corrected chi connectivity index (χ1v) is 13.6. The van der Waals surface area contributed by atoms with Crippen LogP contribution in [-0.2, 0) is 9.53 Å². The van der Waals surface area contributed by atoms with E-state index in [0.717, 1.165) is 18.9 Å². The van der Waals surface area contributed by atoms with Crippen LogP contribution in [0.25, 0.3) is 5.57 Å². The number of rotatable bonds is 7. The minimum atomic E-state index is -0.619. The molecule has 3 fully saturated rings. The predicted molar refractivity (Wildman–Crippen MR) is 143 cm³/mol. The van der Waals surface area contributed by atoms with E-state index in [1.807, 2.05) is 26.8 Å². The van der Waals surface area contributed by atoms with Crippen molar-refractivity contribution in [3.05, 3.63) is 53.0 Å². The predicted octanol–water partition coefficient (Wildman–Crippen LogP) is 4.34. The van der Waals surface area contributed by atoms with Gasteiger partial charge in [0.2, 0.25) is 11.7 Å². The first-order chi connectivity index (χ1) is 18.9. The van der Waals surface area contributed by atoms with Gasteiger partial charge in [-0.1, -0.05) is 17.7 Å². The van der Waals surface area contributed by atoms with E-state index in [2.05, 4.69) is 15.6 Å². The van der Waals surface area contributed by atoms with Crippen molar-refractivity contribution in [3.8, 4) is 5.75 Å². The number of nitrogens with zero attached hydrogens (tertiary/aromatic N) is 2. The molecule has 1 aromatic heterocycles. The summed E-state index contributed by atoms with van der Waals surface area (Å²) in [6, 6.07) is 3.88. The average Bonchev–Trinajstić information content (AvgIpc) is 3.57. The Bertz CT molecular complexity index is 1350. The Labute approximate surface area is 236 Å². The number of nitrogens with one attached hydrogen (secondary N) is 2. The number of hydrogen-bond acceptors (Lipinski definition) is 7. The van der Waals surface area contributed by atoms with Gasteiger partial charge in [-0.2, -0.15) is 0 Å². The van der Waals surface area contributed by atoms with Crippen LogP contribution < -0.4 is 15.4 Å². The van der Waals surface area contributed by atoms with E-state index >= 15 is 0 Å².